The molecule has 92 valence electrons. The third kappa shape index (κ3) is 2.32. The standard InChI is InChI=1S/C11H13NO4S/c1-8-2-4-9(5-3-8)17(15,16)12-11(6-7-11)10(13)14/h2-5,12H,6-7H2,1H3,(H,13,14). The van der Waals surface area contributed by atoms with Gasteiger partial charge in [0.05, 0.1) is 4.90 Å². The van der Waals surface area contributed by atoms with Crippen LogP contribution in [0.25, 0.3) is 0 Å². The first-order valence-corrected chi connectivity index (χ1v) is 6.68. The normalized spacial score (nSPS) is 17.7. The van der Waals surface area contributed by atoms with E-state index in [1.54, 1.807) is 12.1 Å². The minimum Gasteiger partial charge on any atom is -0.480 e. The van der Waals surface area contributed by atoms with Gasteiger partial charge in [-0.3, -0.25) is 4.79 Å². The Kier molecular flexibility index (Phi) is 2.71. The van der Waals surface area contributed by atoms with E-state index in [1.807, 2.05) is 6.92 Å². The van der Waals surface area contributed by atoms with E-state index in [9.17, 15) is 13.2 Å². The Morgan fingerprint density at radius 3 is 2.24 bits per heavy atom. The summed E-state index contributed by atoms with van der Waals surface area (Å²) in [7, 11) is -3.75. The van der Waals surface area contributed by atoms with E-state index in [1.165, 1.54) is 12.1 Å². The third-order valence-corrected chi connectivity index (χ3v) is 4.37. The summed E-state index contributed by atoms with van der Waals surface area (Å²) in [4.78, 5) is 11.0. The van der Waals surface area contributed by atoms with Crippen molar-refractivity contribution in [1.29, 1.82) is 0 Å². The van der Waals surface area contributed by atoms with Crippen LogP contribution in [-0.2, 0) is 14.8 Å². The van der Waals surface area contributed by atoms with Gasteiger partial charge in [0.25, 0.3) is 0 Å². The Hall–Kier alpha value is -1.40. The zero-order valence-corrected chi connectivity index (χ0v) is 10.1. The minimum atomic E-state index is -3.75. The van der Waals surface area contributed by atoms with Crippen molar-refractivity contribution >= 4 is 16.0 Å². The molecule has 0 aliphatic heterocycles. The molecule has 1 saturated carbocycles. The first-order chi connectivity index (χ1) is 7.86. The number of carboxylic acids is 1. The molecule has 0 saturated heterocycles. The van der Waals surface area contributed by atoms with Crippen molar-refractivity contribution in [3.05, 3.63) is 29.8 Å². The summed E-state index contributed by atoms with van der Waals surface area (Å²) in [5.41, 5.74) is -0.340. The molecule has 17 heavy (non-hydrogen) atoms. The molecule has 0 bridgehead atoms. The summed E-state index contributed by atoms with van der Waals surface area (Å²) < 4.78 is 26.1. The van der Waals surface area contributed by atoms with Crippen LogP contribution in [0.5, 0.6) is 0 Å². The van der Waals surface area contributed by atoms with Crippen LogP contribution >= 0.6 is 0 Å². The highest BCUT2D eigenvalue weighted by Gasteiger charge is 2.53. The van der Waals surface area contributed by atoms with Gasteiger partial charge >= 0.3 is 5.97 Å². The molecule has 0 unspecified atom stereocenters. The number of sulfonamides is 1. The highest BCUT2D eigenvalue weighted by atomic mass is 32.2. The fourth-order valence-electron chi connectivity index (χ4n) is 1.52. The maximum absolute atomic E-state index is 11.9. The lowest BCUT2D eigenvalue weighted by molar-refractivity contribution is -0.140. The molecule has 0 spiro atoms. The van der Waals surface area contributed by atoms with Crippen LogP contribution in [0.2, 0.25) is 0 Å². The number of aliphatic carboxylic acids is 1. The van der Waals surface area contributed by atoms with Crippen LogP contribution in [0, 0.1) is 6.92 Å². The van der Waals surface area contributed by atoms with Crippen molar-refractivity contribution < 1.29 is 18.3 Å². The van der Waals surface area contributed by atoms with Crippen molar-refractivity contribution in [2.45, 2.75) is 30.2 Å². The van der Waals surface area contributed by atoms with Crippen molar-refractivity contribution in [2.75, 3.05) is 0 Å². The molecule has 0 amide bonds. The lowest BCUT2D eigenvalue weighted by Gasteiger charge is -2.12. The van der Waals surface area contributed by atoms with E-state index in [0.29, 0.717) is 12.8 Å². The number of carboxylic acid groups (broad SMARTS) is 1. The van der Waals surface area contributed by atoms with Crippen molar-refractivity contribution in [3.8, 4) is 0 Å². The summed E-state index contributed by atoms with van der Waals surface area (Å²) in [6.07, 6.45) is 0.681. The van der Waals surface area contributed by atoms with Gasteiger partial charge in [0.1, 0.15) is 5.54 Å². The largest absolute Gasteiger partial charge is 0.480 e. The maximum Gasteiger partial charge on any atom is 0.324 e. The predicted octanol–water partition coefficient (Wildman–Crippen LogP) is 0.891. The van der Waals surface area contributed by atoms with E-state index in [0.717, 1.165) is 5.56 Å². The molecule has 6 heteroatoms. The van der Waals surface area contributed by atoms with Gasteiger partial charge in [0.2, 0.25) is 10.0 Å². The van der Waals surface area contributed by atoms with E-state index in [4.69, 9.17) is 5.11 Å². The zero-order valence-electron chi connectivity index (χ0n) is 9.30. The first-order valence-electron chi connectivity index (χ1n) is 5.20. The van der Waals surface area contributed by atoms with E-state index < -0.39 is 21.5 Å². The van der Waals surface area contributed by atoms with Crippen LogP contribution in [0.4, 0.5) is 0 Å². The van der Waals surface area contributed by atoms with Crippen molar-refractivity contribution in [3.63, 3.8) is 0 Å². The topological polar surface area (TPSA) is 83.5 Å². The summed E-state index contributed by atoms with van der Waals surface area (Å²) in [6.45, 7) is 1.85. The Balaban J connectivity index is 2.26. The Labute approximate surface area is 99.5 Å². The number of carbonyl (C=O) groups is 1. The molecule has 0 radical (unpaired) electrons. The zero-order chi connectivity index (χ0) is 12.7. The van der Waals surface area contributed by atoms with Crippen LogP contribution in [0.15, 0.2) is 29.2 Å². The van der Waals surface area contributed by atoms with E-state index in [2.05, 4.69) is 4.72 Å². The molecule has 1 aliphatic carbocycles. The van der Waals surface area contributed by atoms with Gasteiger partial charge in [-0.2, -0.15) is 4.72 Å². The highest BCUT2D eigenvalue weighted by Crippen LogP contribution is 2.37. The fraction of sp³-hybridized carbons (Fsp3) is 0.364. The molecule has 1 aromatic carbocycles. The minimum absolute atomic E-state index is 0.0932. The van der Waals surface area contributed by atoms with Crippen LogP contribution in [0.3, 0.4) is 0 Å². The molecule has 5 nitrogen and oxygen atoms in total. The second-order valence-electron chi connectivity index (χ2n) is 4.31. The first kappa shape index (κ1) is 12.1. The monoisotopic (exact) mass is 255 g/mol. The third-order valence-electron chi connectivity index (χ3n) is 2.82. The molecule has 2 N–H and O–H groups in total. The molecule has 1 fully saturated rings. The van der Waals surface area contributed by atoms with Crippen LogP contribution in [0.1, 0.15) is 18.4 Å². The highest BCUT2D eigenvalue weighted by molar-refractivity contribution is 7.89. The van der Waals surface area contributed by atoms with Gasteiger partial charge in [0, 0.05) is 0 Å². The van der Waals surface area contributed by atoms with Crippen LogP contribution < -0.4 is 4.72 Å². The van der Waals surface area contributed by atoms with Gasteiger partial charge < -0.3 is 5.11 Å². The summed E-state index contributed by atoms with van der Waals surface area (Å²) in [5.74, 6) is -1.12. The van der Waals surface area contributed by atoms with E-state index >= 15 is 0 Å². The lowest BCUT2D eigenvalue weighted by Crippen LogP contribution is -2.42. The van der Waals surface area contributed by atoms with Gasteiger partial charge in [-0.1, -0.05) is 17.7 Å². The van der Waals surface area contributed by atoms with Crippen molar-refractivity contribution in [2.24, 2.45) is 0 Å². The average Bonchev–Trinajstić information content (AvgIpc) is 2.99. The Bertz CT molecular complexity index is 543. The predicted molar refractivity (Wildman–Crippen MR) is 61.1 cm³/mol. The summed E-state index contributed by atoms with van der Waals surface area (Å²) in [6, 6.07) is 6.29. The molecular weight excluding hydrogens is 242 g/mol. The molecule has 2 rings (SSSR count). The summed E-state index contributed by atoms with van der Waals surface area (Å²) in [5, 5.41) is 8.93. The maximum atomic E-state index is 11.9. The summed E-state index contributed by atoms with van der Waals surface area (Å²) >= 11 is 0. The number of hydrogen-bond acceptors (Lipinski definition) is 3. The number of benzene rings is 1. The molecule has 0 heterocycles. The van der Waals surface area contributed by atoms with E-state index in [-0.39, 0.29) is 4.90 Å². The lowest BCUT2D eigenvalue weighted by atomic mass is 10.2. The SMILES string of the molecule is Cc1ccc(S(=O)(=O)NC2(C(=O)O)CC2)cc1. The van der Waals surface area contributed by atoms with Gasteiger partial charge in [-0.15, -0.1) is 0 Å². The Morgan fingerprint density at radius 2 is 1.82 bits per heavy atom. The molecule has 0 atom stereocenters. The number of aryl methyl sites for hydroxylation is 1. The van der Waals surface area contributed by atoms with Gasteiger partial charge in [-0.25, -0.2) is 8.42 Å². The second-order valence-corrected chi connectivity index (χ2v) is 5.99. The van der Waals surface area contributed by atoms with Gasteiger partial charge in [-0.05, 0) is 31.9 Å². The molecule has 1 aliphatic rings. The van der Waals surface area contributed by atoms with Crippen LogP contribution in [-0.4, -0.2) is 25.0 Å². The second kappa shape index (κ2) is 3.82. The molecule has 0 aromatic heterocycles. The number of nitrogens with one attached hydrogen (secondary N) is 1. The quantitative estimate of drug-likeness (QED) is 0.837. The fourth-order valence-corrected chi connectivity index (χ4v) is 2.94. The van der Waals surface area contributed by atoms with Gasteiger partial charge in [0.15, 0.2) is 0 Å². The number of hydrogen-bond donors (Lipinski definition) is 2. The molecule has 1 aromatic rings. The Morgan fingerprint density at radius 1 is 1.29 bits per heavy atom. The van der Waals surface area contributed by atoms with Crippen molar-refractivity contribution in [1.82, 2.24) is 4.72 Å². The smallest absolute Gasteiger partial charge is 0.324 e. The number of rotatable bonds is 4. The average molecular weight is 255 g/mol. The molecular formula is C11H13NO4S.